The number of guanidine groups is 1. The first-order valence-corrected chi connectivity index (χ1v) is 6.61. The molecule has 0 radical (unpaired) electrons. The molecule has 1 aliphatic rings. The molecule has 0 saturated carbocycles. The van der Waals surface area contributed by atoms with Crippen molar-refractivity contribution in [1.29, 1.82) is 0 Å². The van der Waals surface area contributed by atoms with Crippen molar-refractivity contribution < 1.29 is 4.79 Å². The Bertz CT molecular complexity index is 450. The molecule has 1 saturated heterocycles. The van der Waals surface area contributed by atoms with Crippen molar-refractivity contribution in [3.63, 3.8) is 0 Å². The quantitative estimate of drug-likeness (QED) is 0.861. The van der Waals surface area contributed by atoms with Gasteiger partial charge in [-0.15, -0.1) is 11.3 Å². The van der Waals surface area contributed by atoms with Crippen molar-refractivity contribution in [3.05, 3.63) is 21.9 Å². The predicted octanol–water partition coefficient (Wildman–Crippen LogP) is 1.83. The molecule has 5 heteroatoms. The van der Waals surface area contributed by atoms with Crippen LogP contribution in [0.1, 0.15) is 30.3 Å². The first kappa shape index (κ1) is 12.1. The minimum Gasteiger partial charge on any atom is -0.340 e. The van der Waals surface area contributed by atoms with E-state index < -0.39 is 0 Å². The number of nitrogens with zero attached hydrogens (tertiary/aromatic N) is 1. The van der Waals surface area contributed by atoms with E-state index in [9.17, 15) is 4.79 Å². The Balaban J connectivity index is 2.11. The molecular weight excluding hydrogens is 234 g/mol. The first-order valence-electron chi connectivity index (χ1n) is 5.73. The van der Waals surface area contributed by atoms with Gasteiger partial charge in [-0.2, -0.15) is 0 Å². The number of thiophene rings is 1. The monoisotopic (exact) mass is 251 g/mol. The topological polar surface area (TPSA) is 53.5 Å². The summed E-state index contributed by atoms with van der Waals surface area (Å²) in [5.41, 5.74) is 1.15. The highest BCUT2D eigenvalue weighted by molar-refractivity contribution is 7.10. The van der Waals surface area contributed by atoms with Gasteiger partial charge in [0.2, 0.25) is 0 Å². The molecule has 0 spiro atoms. The smallest absolute Gasteiger partial charge is 0.254 e. The normalized spacial score (nSPS) is 22.0. The molecule has 1 amide bonds. The molecule has 0 aromatic carbocycles. The van der Waals surface area contributed by atoms with Crippen LogP contribution in [0.4, 0.5) is 0 Å². The van der Waals surface area contributed by atoms with Crippen LogP contribution in [0.3, 0.4) is 0 Å². The van der Waals surface area contributed by atoms with Gasteiger partial charge in [0.25, 0.3) is 5.91 Å². The number of aliphatic imine (C=N–C) groups is 1. The number of rotatable bonds is 3. The Labute approximate surface area is 105 Å². The second-order valence-corrected chi connectivity index (χ2v) is 5.57. The van der Waals surface area contributed by atoms with E-state index >= 15 is 0 Å². The fraction of sp³-hybridized carbons (Fsp3) is 0.500. The maximum Gasteiger partial charge on any atom is 0.254 e. The van der Waals surface area contributed by atoms with Gasteiger partial charge in [0.05, 0.1) is 0 Å². The molecule has 0 aliphatic carbocycles. The van der Waals surface area contributed by atoms with E-state index in [2.05, 4.69) is 29.5 Å². The zero-order chi connectivity index (χ0) is 12.4. The van der Waals surface area contributed by atoms with Crippen LogP contribution >= 0.6 is 11.3 Å². The summed E-state index contributed by atoms with van der Waals surface area (Å²) in [5.74, 6) is 1.07. The average molecular weight is 251 g/mol. The van der Waals surface area contributed by atoms with E-state index in [4.69, 9.17) is 0 Å². The molecule has 1 fully saturated rings. The van der Waals surface area contributed by atoms with E-state index in [0.29, 0.717) is 11.9 Å². The second-order valence-electron chi connectivity index (χ2n) is 4.62. The lowest BCUT2D eigenvalue weighted by molar-refractivity contribution is -0.120. The summed E-state index contributed by atoms with van der Waals surface area (Å²) in [4.78, 5) is 17.2. The third-order valence-electron chi connectivity index (χ3n) is 2.56. The summed E-state index contributed by atoms with van der Waals surface area (Å²) in [6.45, 7) is 6.94. The van der Waals surface area contributed by atoms with Crippen molar-refractivity contribution in [1.82, 2.24) is 10.6 Å². The maximum atomic E-state index is 11.8. The van der Waals surface area contributed by atoms with Crippen LogP contribution in [0.15, 0.2) is 16.4 Å². The molecule has 2 N–H and O–H groups in total. The van der Waals surface area contributed by atoms with Gasteiger partial charge in [0.1, 0.15) is 6.04 Å². The fourth-order valence-electron chi connectivity index (χ4n) is 1.65. The number of carbonyl (C=O) groups is 1. The van der Waals surface area contributed by atoms with Crippen LogP contribution in [0.2, 0.25) is 0 Å². The van der Waals surface area contributed by atoms with Crippen LogP contribution in [0, 0.1) is 12.8 Å². The minimum absolute atomic E-state index is 0.0157. The maximum absolute atomic E-state index is 11.8. The summed E-state index contributed by atoms with van der Waals surface area (Å²) in [6, 6.07) is 1.75. The molecule has 4 nitrogen and oxygen atoms in total. The van der Waals surface area contributed by atoms with E-state index in [1.807, 2.05) is 18.4 Å². The predicted molar refractivity (Wildman–Crippen MR) is 70.2 cm³/mol. The molecule has 92 valence electrons. The van der Waals surface area contributed by atoms with Crippen LogP contribution < -0.4 is 10.6 Å². The summed E-state index contributed by atoms with van der Waals surface area (Å²) in [6.07, 6.45) is 0. The van der Waals surface area contributed by atoms with E-state index in [1.165, 1.54) is 0 Å². The molecule has 0 bridgehead atoms. The summed E-state index contributed by atoms with van der Waals surface area (Å²) in [7, 11) is 0. The van der Waals surface area contributed by atoms with Crippen molar-refractivity contribution >= 4 is 23.2 Å². The second kappa shape index (κ2) is 4.87. The Morgan fingerprint density at radius 2 is 2.29 bits per heavy atom. The van der Waals surface area contributed by atoms with Gasteiger partial charge in [-0.1, -0.05) is 13.8 Å². The zero-order valence-corrected chi connectivity index (χ0v) is 11.1. The van der Waals surface area contributed by atoms with Crippen molar-refractivity contribution in [2.45, 2.75) is 26.8 Å². The Morgan fingerprint density at radius 1 is 1.53 bits per heavy atom. The van der Waals surface area contributed by atoms with E-state index in [0.717, 1.165) is 17.0 Å². The molecule has 17 heavy (non-hydrogen) atoms. The number of nitrogens with one attached hydrogen (secondary N) is 2. The SMILES string of the molecule is Cc1ccsc1C1NC(=NCC(C)C)NC1=O. The highest BCUT2D eigenvalue weighted by atomic mass is 32.1. The highest BCUT2D eigenvalue weighted by Gasteiger charge is 2.31. The molecule has 2 heterocycles. The molecule has 1 aromatic rings. The molecular formula is C12H17N3OS. The number of hydrogen-bond acceptors (Lipinski definition) is 3. The van der Waals surface area contributed by atoms with Gasteiger partial charge in [0.15, 0.2) is 5.96 Å². The van der Waals surface area contributed by atoms with Crippen molar-refractivity contribution in [2.75, 3.05) is 6.54 Å². The van der Waals surface area contributed by atoms with E-state index in [1.54, 1.807) is 11.3 Å². The molecule has 1 aliphatic heterocycles. The van der Waals surface area contributed by atoms with Gasteiger partial charge < -0.3 is 5.32 Å². The third-order valence-corrected chi connectivity index (χ3v) is 3.65. The standard InChI is InChI=1S/C12H17N3OS/c1-7(2)6-13-12-14-9(11(16)15-12)10-8(3)4-5-17-10/h4-5,7,9H,6H2,1-3H3,(H2,13,14,15,16). The summed E-state index contributed by atoms with van der Waals surface area (Å²) in [5, 5.41) is 7.92. The van der Waals surface area contributed by atoms with E-state index in [-0.39, 0.29) is 11.9 Å². The largest absolute Gasteiger partial charge is 0.340 e. The van der Waals surface area contributed by atoms with Gasteiger partial charge in [-0.3, -0.25) is 15.1 Å². The fourth-order valence-corrected chi connectivity index (χ4v) is 2.63. The van der Waals surface area contributed by atoms with Crippen LogP contribution in [0.25, 0.3) is 0 Å². The molecule has 1 aromatic heterocycles. The van der Waals surface area contributed by atoms with Crippen molar-refractivity contribution in [2.24, 2.45) is 10.9 Å². The lowest BCUT2D eigenvalue weighted by Crippen LogP contribution is -2.26. The minimum atomic E-state index is -0.277. The molecule has 2 rings (SSSR count). The van der Waals surface area contributed by atoms with Gasteiger partial charge in [0, 0.05) is 11.4 Å². The number of hydrogen-bond donors (Lipinski definition) is 2. The summed E-state index contributed by atoms with van der Waals surface area (Å²) < 4.78 is 0. The Morgan fingerprint density at radius 3 is 2.88 bits per heavy atom. The third kappa shape index (κ3) is 2.66. The summed E-state index contributed by atoms with van der Waals surface area (Å²) >= 11 is 1.60. The van der Waals surface area contributed by atoms with Gasteiger partial charge in [-0.25, -0.2) is 0 Å². The first-order chi connectivity index (χ1) is 8.08. The zero-order valence-electron chi connectivity index (χ0n) is 10.3. The molecule has 1 unspecified atom stereocenters. The molecule has 1 atom stereocenters. The lowest BCUT2D eigenvalue weighted by Gasteiger charge is -2.06. The lowest BCUT2D eigenvalue weighted by atomic mass is 10.2. The average Bonchev–Trinajstić information content (AvgIpc) is 2.81. The number of amides is 1. The van der Waals surface area contributed by atoms with Gasteiger partial charge >= 0.3 is 0 Å². The number of aryl methyl sites for hydroxylation is 1. The van der Waals surface area contributed by atoms with Gasteiger partial charge in [-0.05, 0) is 29.9 Å². The highest BCUT2D eigenvalue weighted by Crippen LogP contribution is 2.25. The van der Waals surface area contributed by atoms with Crippen LogP contribution in [-0.4, -0.2) is 18.4 Å². The Kier molecular flexibility index (Phi) is 3.47. The number of carbonyl (C=O) groups excluding carboxylic acids is 1. The van der Waals surface area contributed by atoms with Crippen LogP contribution in [0.5, 0.6) is 0 Å². The van der Waals surface area contributed by atoms with Crippen LogP contribution in [-0.2, 0) is 4.79 Å². The Hall–Kier alpha value is -1.36. The van der Waals surface area contributed by atoms with Crippen molar-refractivity contribution in [3.8, 4) is 0 Å².